The van der Waals surface area contributed by atoms with Gasteiger partial charge in [0.25, 0.3) is 0 Å². The average molecular weight is 339 g/mol. The Bertz CT molecular complexity index is 883. The number of para-hydroxylation sites is 1. The number of aliphatic hydroxyl groups is 1. The molecule has 2 heterocycles. The third-order valence-corrected chi connectivity index (χ3v) is 4.08. The number of benzene rings is 1. The van der Waals surface area contributed by atoms with Crippen molar-refractivity contribution >= 4 is 16.9 Å². The van der Waals surface area contributed by atoms with Crippen molar-refractivity contribution in [3.63, 3.8) is 0 Å². The van der Waals surface area contributed by atoms with Gasteiger partial charge in [0.05, 0.1) is 18.3 Å². The maximum absolute atomic E-state index is 12.1. The minimum Gasteiger partial charge on any atom is -0.383 e. The molecule has 0 radical (unpaired) electrons. The van der Waals surface area contributed by atoms with Crippen LogP contribution in [0.1, 0.15) is 18.1 Å². The Morgan fingerprint density at radius 1 is 1.28 bits per heavy atom. The Hall–Kier alpha value is -2.93. The van der Waals surface area contributed by atoms with Crippen molar-refractivity contribution < 1.29 is 9.90 Å². The number of carbonyl (C=O) groups excluding carboxylic acids is 1. The van der Waals surface area contributed by atoms with Gasteiger partial charge in [-0.2, -0.15) is 5.10 Å². The first-order valence-electron chi connectivity index (χ1n) is 8.01. The molecule has 25 heavy (non-hydrogen) atoms. The summed E-state index contributed by atoms with van der Waals surface area (Å²) in [7, 11) is 1.78. The largest absolute Gasteiger partial charge is 0.383 e. The van der Waals surface area contributed by atoms with Crippen LogP contribution < -0.4 is 10.6 Å². The summed E-state index contributed by atoms with van der Waals surface area (Å²) < 4.78 is 1.61. The van der Waals surface area contributed by atoms with Crippen LogP contribution in [0.4, 0.5) is 4.79 Å². The van der Waals surface area contributed by atoms with Crippen LogP contribution in [0.5, 0.6) is 0 Å². The zero-order valence-corrected chi connectivity index (χ0v) is 14.2. The van der Waals surface area contributed by atoms with Crippen molar-refractivity contribution in [2.45, 2.75) is 19.1 Å². The van der Waals surface area contributed by atoms with E-state index in [4.69, 9.17) is 0 Å². The molecular formula is C18H21N5O2. The Kier molecular flexibility index (Phi) is 4.67. The van der Waals surface area contributed by atoms with Gasteiger partial charge >= 0.3 is 6.03 Å². The molecule has 0 fully saturated rings. The number of rotatable bonds is 5. The molecule has 0 saturated carbocycles. The van der Waals surface area contributed by atoms with Crippen molar-refractivity contribution in [1.82, 2.24) is 25.4 Å². The topological polar surface area (TPSA) is 92.1 Å². The van der Waals surface area contributed by atoms with E-state index in [9.17, 15) is 9.90 Å². The molecule has 0 aliphatic heterocycles. The van der Waals surface area contributed by atoms with Crippen molar-refractivity contribution in [2.75, 3.05) is 6.54 Å². The van der Waals surface area contributed by atoms with Crippen LogP contribution in [0.15, 0.2) is 48.9 Å². The average Bonchev–Trinajstić information content (AvgIpc) is 3.05. The van der Waals surface area contributed by atoms with Crippen LogP contribution in [0, 0.1) is 0 Å². The Morgan fingerprint density at radius 3 is 2.84 bits per heavy atom. The molecule has 3 N–H and O–H groups in total. The highest BCUT2D eigenvalue weighted by Gasteiger charge is 2.25. The summed E-state index contributed by atoms with van der Waals surface area (Å²) in [5.41, 5.74) is 1.26. The summed E-state index contributed by atoms with van der Waals surface area (Å²) in [5.74, 6) is 0. The zero-order valence-electron chi connectivity index (χ0n) is 14.2. The van der Waals surface area contributed by atoms with E-state index in [2.05, 4.69) is 20.7 Å². The molecule has 0 aliphatic carbocycles. The van der Waals surface area contributed by atoms with Crippen molar-refractivity contribution in [3.8, 4) is 0 Å². The van der Waals surface area contributed by atoms with Crippen LogP contribution in [0.2, 0.25) is 0 Å². The molecule has 130 valence electrons. The summed E-state index contributed by atoms with van der Waals surface area (Å²) in [6, 6.07) is 9.37. The molecule has 2 amide bonds. The van der Waals surface area contributed by atoms with Gasteiger partial charge in [-0.3, -0.25) is 9.67 Å². The number of nitrogens with one attached hydrogen (secondary N) is 2. The van der Waals surface area contributed by atoms with Crippen molar-refractivity contribution in [3.05, 3.63) is 60.0 Å². The standard InChI is InChI=1S/C18H21N5O2/c1-18(25,15-10-22-23(2)11-15)12-21-17(24)20-9-14-6-3-5-13-7-4-8-19-16(13)14/h3-8,10-11,25H,9,12H2,1-2H3,(H2,20,21,24)/t18-/m0/s1. The zero-order chi connectivity index (χ0) is 17.9. The summed E-state index contributed by atoms with van der Waals surface area (Å²) in [4.78, 5) is 16.4. The van der Waals surface area contributed by atoms with Gasteiger partial charge in [-0.05, 0) is 18.6 Å². The summed E-state index contributed by atoms with van der Waals surface area (Å²) in [6.45, 7) is 2.08. The molecule has 0 aliphatic rings. The normalized spacial score (nSPS) is 13.4. The monoisotopic (exact) mass is 339 g/mol. The van der Waals surface area contributed by atoms with Gasteiger partial charge in [-0.15, -0.1) is 0 Å². The number of hydrogen-bond donors (Lipinski definition) is 3. The number of urea groups is 1. The predicted octanol–water partition coefficient (Wildman–Crippen LogP) is 1.68. The lowest BCUT2D eigenvalue weighted by atomic mass is 10.00. The Labute approximate surface area is 145 Å². The van der Waals surface area contributed by atoms with Crippen molar-refractivity contribution in [1.29, 1.82) is 0 Å². The number of amides is 2. The molecule has 7 nitrogen and oxygen atoms in total. The molecule has 3 rings (SSSR count). The molecular weight excluding hydrogens is 318 g/mol. The summed E-state index contributed by atoms with van der Waals surface area (Å²) in [6.07, 6.45) is 5.04. The molecule has 0 spiro atoms. The second-order valence-electron chi connectivity index (χ2n) is 6.21. The van der Waals surface area contributed by atoms with Gasteiger partial charge in [0.1, 0.15) is 5.60 Å². The minimum absolute atomic E-state index is 0.0817. The molecule has 7 heteroatoms. The maximum atomic E-state index is 12.1. The van der Waals surface area contributed by atoms with Gasteiger partial charge in [0, 0.05) is 36.9 Å². The minimum atomic E-state index is -1.19. The lowest BCUT2D eigenvalue weighted by Crippen LogP contribution is -2.43. The molecule has 1 atom stereocenters. The van der Waals surface area contributed by atoms with E-state index in [0.29, 0.717) is 12.1 Å². The van der Waals surface area contributed by atoms with E-state index in [-0.39, 0.29) is 12.6 Å². The third-order valence-electron chi connectivity index (χ3n) is 4.08. The molecule has 0 bridgehead atoms. The van der Waals surface area contributed by atoms with E-state index >= 15 is 0 Å². The quantitative estimate of drug-likeness (QED) is 0.659. The fraction of sp³-hybridized carbons (Fsp3) is 0.278. The van der Waals surface area contributed by atoms with E-state index in [0.717, 1.165) is 16.5 Å². The lowest BCUT2D eigenvalue weighted by molar-refractivity contribution is 0.0593. The van der Waals surface area contributed by atoms with Crippen LogP contribution in [0.3, 0.4) is 0 Å². The fourth-order valence-electron chi connectivity index (χ4n) is 2.60. The lowest BCUT2D eigenvalue weighted by Gasteiger charge is -2.22. The molecule has 3 aromatic rings. The van der Waals surface area contributed by atoms with Crippen LogP contribution in [-0.4, -0.2) is 32.4 Å². The smallest absolute Gasteiger partial charge is 0.315 e. The number of fused-ring (bicyclic) bond motifs is 1. The fourth-order valence-corrected chi connectivity index (χ4v) is 2.60. The van der Waals surface area contributed by atoms with Gasteiger partial charge < -0.3 is 15.7 Å². The SMILES string of the molecule is Cn1cc([C@@](C)(O)CNC(=O)NCc2cccc3cccnc23)cn1. The van der Waals surface area contributed by atoms with E-state index in [1.807, 2.05) is 30.3 Å². The second-order valence-corrected chi connectivity index (χ2v) is 6.21. The first-order valence-corrected chi connectivity index (χ1v) is 8.01. The Morgan fingerprint density at radius 2 is 2.08 bits per heavy atom. The van der Waals surface area contributed by atoms with Crippen LogP contribution in [-0.2, 0) is 19.2 Å². The summed E-state index contributed by atoms with van der Waals surface area (Å²) >= 11 is 0. The van der Waals surface area contributed by atoms with E-state index in [1.165, 1.54) is 0 Å². The van der Waals surface area contributed by atoms with Gasteiger partial charge in [0.15, 0.2) is 0 Å². The van der Waals surface area contributed by atoms with Crippen LogP contribution >= 0.6 is 0 Å². The highest BCUT2D eigenvalue weighted by Crippen LogP contribution is 2.18. The molecule has 1 aromatic carbocycles. The number of nitrogens with zero attached hydrogens (tertiary/aromatic N) is 3. The van der Waals surface area contributed by atoms with E-state index < -0.39 is 5.60 Å². The highest BCUT2D eigenvalue weighted by molar-refractivity contribution is 5.82. The Balaban J connectivity index is 1.58. The van der Waals surface area contributed by atoms with Crippen molar-refractivity contribution in [2.24, 2.45) is 7.05 Å². The number of pyridine rings is 1. The van der Waals surface area contributed by atoms with Gasteiger partial charge in [-0.25, -0.2) is 4.79 Å². The molecule has 2 aromatic heterocycles. The van der Waals surface area contributed by atoms with Crippen LogP contribution in [0.25, 0.3) is 10.9 Å². The van der Waals surface area contributed by atoms with E-state index in [1.54, 1.807) is 37.2 Å². The molecule has 0 unspecified atom stereocenters. The third kappa shape index (κ3) is 3.95. The number of aromatic nitrogens is 3. The summed E-state index contributed by atoms with van der Waals surface area (Å²) in [5, 5.41) is 21.0. The number of aryl methyl sites for hydroxylation is 1. The van der Waals surface area contributed by atoms with Gasteiger partial charge in [0.2, 0.25) is 0 Å². The first-order chi connectivity index (χ1) is 12.0. The highest BCUT2D eigenvalue weighted by atomic mass is 16.3. The number of carbonyl (C=O) groups is 1. The predicted molar refractivity (Wildman–Crippen MR) is 94.8 cm³/mol. The maximum Gasteiger partial charge on any atom is 0.315 e. The number of hydrogen-bond acceptors (Lipinski definition) is 4. The second kappa shape index (κ2) is 6.90. The van der Waals surface area contributed by atoms with Gasteiger partial charge in [-0.1, -0.05) is 24.3 Å². The molecule has 0 saturated heterocycles. The first kappa shape index (κ1) is 16.9.